The summed E-state index contributed by atoms with van der Waals surface area (Å²) in [4.78, 5) is 22.7. The summed E-state index contributed by atoms with van der Waals surface area (Å²) in [6.07, 6.45) is 1.75. The number of aryl methyl sites for hydroxylation is 1. The molecule has 2 heterocycles. The summed E-state index contributed by atoms with van der Waals surface area (Å²) in [6.45, 7) is 1.83. The Hall–Kier alpha value is -2.94. The van der Waals surface area contributed by atoms with Gasteiger partial charge < -0.3 is 20.3 Å². The van der Waals surface area contributed by atoms with E-state index in [0.29, 0.717) is 31.5 Å². The van der Waals surface area contributed by atoms with Crippen LogP contribution in [0.4, 0.5) is 0 Å². The molecule has 0 fully saturated rings. The maximum atomic E-state index is 12.0. The Morgan fingerprint density at radius 3 is 2.86 bits per heavy atom. The first-order chi connectivity index (χ1) is 14.0. The number of carbonyl (C=O) groups excluding carboxylic acids is 1. The first kappa shape index (κ1) is 20.8. The zero-order valence-electron chi connectivity index (χ0n) is 17.3. The van der Waals surface area contributed by atoms with E-state index < -0.39 is 0 Å². The highest BCUT2D eigenvalue weighted by Crippen LogP contribution is 2.13. The number of fused-ring (bicyclic) bond motifs is 1. The molecule has 2 aromatic rings. The molecule has 2 N–H and O–H groups in total. The molecule has 9 heteroatoms. The molecule has 29 heavy (non-hydrogen) atoms. The summed E-state index contributed by atoms with van der Waals surface area (Å²) in [5, 5.41) is 11.1. The number of guanidine groups is 1. The van der Waals surface area contributed by atoms with Crippen molar-refractivity contribution in [3.8, 4) is 0 Å². The molecular weight excluding hydrogens is 370 g/mol. The van der Waals surface area contributed by atoms with Crippen molar-refractivity contribution < 1.29 is 9.53 Å². The van der Waals surface area contributed by atoms with Crippen molar-refractivity contribution in [1.29, 1.82) is 0 Å². The third-order valence-corrected chi connectivity index (χ3v) is 4.68. The van der Waals surface area contributed by atoms with E-state index in [-0.39, 0.29) is 18.5 Å². The van der Waals surface area contributed by atoms with E-state index in [0.717, 1.165) is 24.2 Å². The lowest BCUT2D eigenvalue weighted by atomic mass is 10.1. The summed E-state index contributed by atoms with van der Waals surface area (Å²) >= 11 is 0. The maximum Gasteiger partial charge on any atom is 0.241 e. The Morgan fingerprint density at radius 2 is 2.14 bits per heavy atom. The molecule has 1 atom stereocenters. The molecule has 3 rings (SSSR count). The van der Waals surface area contributed by atoms with Crippen LogP contribution in [0.3, 0.4) is 0 Å². The van der Waals surface area contributed by atoms with Crippen LogP contribution in [-0.2, 0) is 35.6 Å². The van der Waals surface area contributed by atoms with Crippen molar-refractivity contribution in [2.45, 2.75) is 38.6 Å². The van der Waals surface area contributed by atoms with Crippen LogP contribution >= 0.6 is 0 Å². The molecular formula is C20H29N7O2. The normalized spacial score (nSPS) is 16.2. The molecule has 1 aromatic heterocycles. The zero-order valence-corrected chi connectivity index (χ0v) is 17.3. The van der Waals surface area contributed by atoms with Gasteiger partial charge in [0.2, 0.25) is 5.91 Å². The molecule has 1 unspecified atom stereocenters. The van der Waals surface area contributed by atoms with Crippen molar-refractivity contribution >= 4 is 11.9 Å². The molecule has 0 radical (unpaired) electrons. The number of rotatable bonds is 7. The second kappa shape index (κ2) is 10.0. The largest absolute Gasteiger partial charge is 0.377 e. The van der Waals surface area contributed by atoms with Gasteiger partial charge in [-0.25, -0.2) is 14.7 Å². The summed E-state index contributed by atoms with van der Waals surface area (Å²) in [5.74, 6) is 2.30. The monoisotopic (exact) mass is 399 g/mol. The maximum absolute atomic E-state index is 12.0. The van der Waals surface area contributed by atoms with Crippen LogP contribution in [-0.4, -0.2) is 65.3 Å². The zero-order chi connectivity index (χ0) is 20.6. The Morgan fingerprint density at radius 1 is 1.34 bits per heavy atom. The number of aromatic nitrogens is 3. The van der Waals surface area contributed by atoms with Crippen LogP contribution in [0.5, 0.6) is 0 Å². The lowest BCUT2D eigenvalue weighted by molar-refractivity contribution is -0.127. The minimum absolute atomic E-state index is 0.00868. The first-order valence-corrected chi connectivity index (χ1v) is 9.75. The van der Waals surface area contributed by atoms with Gasteiger partial charge in [-0.1, -0.05) is 30.3 Å². The molecule has 1 aromatic carbocycles. The van der Waals surface area contributed by atoms with Crippen molar-refractivity contribution in [2.24, 2.45) is 4.99 Å². The summed E-state index contributed by atoms with van der Waals surface area (Å²) < 4.78 is 7.05. The molecule has 0 spiro atoms. The van der Waals surface area contributed by atoms with E-state index >= 15 is 0 Å². The number of benzene rings is 1. The lowest BCUT2D eigenvalue weighted by Gasteiger charge is -2.25. The van der Waals surface area contributed by atoms with Crippen LogP contribution in [0.2, 0.25) is 0 Å². The average Bonchev–Trinajstić information content (AvgIpc) is 3.12. The van der Waals surface area contributed by atoms with E-state index in [1.54, 1.807) is 26.1 Å². The number of hydrogen-bond acceptors (Lipinski definition) is 5. The number of hydrogen-bond donors (Lipinski definition) is 2. The molecule has 0 bridgehead atoms. The van der Waals surface area contributed by atoms with Gasteiger partial charge in [0, 0.05) is 33.7 Å². The Balaban J connectivity index is 1.66. The van der Waals surface area contributed by atoms with Crippen LogP contribution < -0.4 is 10.6 Å². The molecule has 1 aliphatic rings. The number of methoxy groups -OCH3 is 1. The molecule has 9 nitrogen and oxygen atoms in total. The van der Waals surface area contributed by atoms with Gasteiger partial charge in [-0.15, -0.1) is 0 Å². The fourth-order valence-corrected chi connectivity index (χ4v) is 3.09. The van der Waals surface area contributed by atoms with Crippen LogP contribution in [0.25, 0.3) is 0 Å². The molecule has 156 valence electrons. The predicted molar refractivity (Wildman–Crippen MR) is 110 cm³/mol. The van der Waals surface area contributed by atoms with Gasteiger partial charge in [0.15, 0.2) is 11.8 Å². The minimum Gasteiger partial charge on any atom is -0.377 e. The number of amides is 1. The van der Waals surface area contributed by atoms with E-state index in [9.17, 15) is 4.79 Å². The number of nitrogens with zero attached hydrogens (tertiary/aromatic N) is 5. The number of ether oxygens (including phenoxy) is 1. The third-order valence-electron chi connectivity index (χ3n) is 4.68. The van der Waals surface area contributed by atoms with Gasteiger partial charge in [-0.3, -0.25) is 4.79 Å². The summed E-state index contributed by atoms with van der Waals surface area (Å²) in [5.41, 5.74) is 1.11. The summed E-state index contributed by atoms with van der Waals surface area (Å²) in [6, 6.07) is 10.2. The van der Waals surface area contributed by atoms with Gasteiger partial charge >= 0.3 is 0 Å². The molecule has 0 saturated carbocycles. The smallest absolute Gasteiger partial charge is 0.241 e. The second-order valence-corrected chi connectivity index (χ2v) is 7.23. The van der Waals surface area contributed by atoms with Gasteiger partial charge in [-0.05, 0) is 12.0 Å². The fourth-order valence-electron chi connectivity index (χ4n) is 3.09. The number of carbonyl (C=O) groups is 1. The van der Waals surface area contributed by atoms with Gasteiger partial charge in [0.1, 0.15) is 12.4 Å². The standard InChI is InChI=1S/C20H29N7O2/c1-26(2)19(28)12-22-20(21-11-15-7-5-4-6-8-15)23-16-9-10-18-24-17(14-29-3)25-27(18)13-16/h4-8,16H,9-14H2,1-3H3,(H2,21,22,23). The van der Waals surface area contributed by atoms with E-state index in [1.807, 2.05) is 35.0 Å². The van der Waals surface area contributed by atoms with E-state index in [1.165, 1.54) is 0 Å². The number of likely N-dealkylation sites (N-methyl/N-ethyl adjacent to an activating group) is 1. The van der Waals surface area contributed by atoms with E-state index in [2.05, 4.69) is 25.7 Å². The van der Waals surface area contributed by atoms with Gasteiger partial charge in [0.25, 0.3) is 0 Å². The predicted octanol–water partition coefficient (Wildman–Crippen LogP) is 0.563. The first-order valence-electron chi connectivity index (χ1n) is 9.75. The number of aliphatic imine (C=N–C) groups is 1. The molecule has 0 saturated heterocycles. The Bertz CT molecular complexity index is 833. The highest BCUT2D eigenvalue weighted by Gasteiger charge is 2.22. The van der Waals surface area contributed by atoms with Crippen molar-refractivity contribution in [3.63, 3.8) is 0 Å². The van der Waals surface area contributed by atoms with Crippen LogP contribution in [0, 0.1) is 0 Å². The Kier molecular flexibility index (Phi) is 7.18. The van der Waals surface area contributed by atoms with Gasteiger partial charge in [0.05, 0.1) is 19.6 Å². The molecule has 1 amide bonds. The highest BCUT2D eigenvalue weighted by molar-refractivity contribution is 5.86. The summed E-state index contributed by atoms with van der Waals surface area (Å²) in [7, 11) is 5.12. The quantitative estimate of drug-likeness (QED) is 0.522. The van der Waals surface area contributed by atoms with Gasteiger partial charge in [-0.2, -0.15) is 5.10 Å². The average molecular weight is 399 g/mol. The highest BCUT2D eigenvalue weighted by atomic mass is 16.5. The van der Waals surface area contributed by atoms with Crippen molar-refractivity contribution in [3.05, 3.63) is 47.5 Å². The third kappa shape index (κ3) is 6.02. The SMILES string of the molecule is COCc1nc2n(n1)CC(NC(=NCc1ccccc1)NCC(=O)N(C)C)CC2. The van der Waals surface area contributed by atoms with Crippen molar-refractivity contribution in [1.82, 2.24) is 30.3 Å². The molecule has 0 aliphatic carbocycles. The van der Waals surface area contributed by atoms with E-state index in [4.69, 9.17) is 4.74 Å². The van der Waals surface area contributed by atoms with Crippen LogP contribution in [0.15, 0.2) is 35.3 Å². The fraction of sp³-hybridized carbons (Fsp3) is 0.500. The molecule has 1 aliphatic heterocycles. The minimum atomic E-state index is -0.00868. The second-order valence-electron chi connectivity index (χ2n) is 7.23. The topological polar surface area (TPSA) is 96.7 Å². The number of nitrogens with one attached hydrogen (secondary N) is 2. The lowest BCUT2D eigenvalue weighted by Crippen LogP contribution is -2.49. The van der Waals surface area contributed by atoms with Crippen molar-refractivity contribution in [2.75, 3.05) is 27.7 Å². The Labute approximate surface area is 171 Å². The van der Waals surface area contributed by atoms with Crippen LogP contribution in [0.1, 0.15) is 23.6 Å².